The Labute approximate surface area is 175 Å². The lowest BCUT2D eigenvalue weighted by molar-refractivity contribution is -0.117. The number of hydrogen-bond donors (Lipinski definition) is 2. The minimum Gasteiger partial charge on any atom is -0.462 e. The largest absolute Gasteiger partial charge is 0.462 e. The standard InChI is InChI=1S/C22H22N2O5S/c1-3-29-22(26)17-8-11-19(12-9-17)23-21(25)15(2)24-30(27,28)20-13-10-16-6-4-5-7-18(16)14-20/h4-15,24H,3H2,1-2H3,(H,23,25)/t15-/m1/s1. The molecule has 0 fully saturated rings. The monoisotopic (exact) mass is 426 g/mol. The second-order valence-corrected chi connectivity index (χ2v) is 8.35. The summed E-state index contributed by atoms with van der Waals surface area (Å²) in [5, 5.41) is 4.34. The van der Waals surface area contributed by atoms with Gasteiger partial charge in [-0.2, -0.15) is 4.72 Å². The molecule has 3 aromatic rings. The molecule has 0 bridgehead atoms. The third-order valence-electron chi connectivity index (χ3n) is 4.42. The summed E-state index contributed by atoms with van der Waals surface area (Å²) in [4.78, 5) is 24.2. The van der Waals surface area contributed by atoms with E-state index in [-0.39, 0.29) is 11.5 Å². The number of fused-ring (bicyclic) bond motifs is 1. The number of anilines is 1. The van der Waals surface area contributed by atoms with Gasteiger partial charge in [-0.25, -0.2) is 13.2 Å². The molecule has 0 unspecified atom stereocenters. The van der Waals surface area contributed by atoms with E-state index in [2.05, 4.69) is 10.0 Å². The van der Waals surface area contributed by atoms with Gasteiger partial charge in [0.05, 0.1) is 23.1 Å². The van der Waals surface area contributed by atoms with E-state index < -0.39 is 27.9 Å². The van der Waals surface area contributed by atoms with Crippen LogP contribution in [0.1, 0.15) is 24.2 Å². The van der Waals surface area contributed by atoms with Crippen LogP contribution in [0.2, 0.25) is 0 Å². The Bertz CT molecular complexity index is 1170. The van der Waals surface area contributed by atoms with Crippen molar-refractivity contribution in [3.63, 3.8) is 0 Å². The Hall–Kier alpha value is -3.23. The molecule has 0 aliphatic heterocycles. The molecular formula is C22H22N2O5S. The van der Waals surface area contributed by atoms with Crippen molar-refractivity contribution >= 4 is 38.4 Å². The molecule has 30 heavy (non-hydrogen) atoms. The molecule has 3 aromatic carbocycles. The molecule has 0 saturated carbocycles. The highest BCUT2D eigenvalue weighted by Gasteiger charge is 2.22. The lowest BCUT2D eigenvalue weighted by atomic mass is 10.1. The van der Waals surface area contributed by atoms with Gasteiger partial charge in [0.15, 0.2) is 0 Å². The summed E-state index contributed by atoms with van der Waals surface area (Å²) in [6.45, 7) is 3.44. The number of hydrogen-bond acceptors (Lipinski definition) is 5. The number of ether oxygens (including phenoxy) is 1. The van der Waals surface area contributed by atoms with E-state index in [1.807, 2.05) is 24.3 Å². The topological polar surface area (TPSA) is 102 Å². The third-order valence-corrected chi connectivity index (χ3v) is 5.96. The van der Waals surface area contributed by atoms with Crippen molar-refractivity contribution in [2.45, 2.75) is 24.8 Å². The molecule has 7 nitrogen and oxygen atoms in total. The van der Waals surface area contributed by atoms with Crippen LogP contribution in [0.25, 0.3) is 10.8 Å². The quantitative estimate of drug-likeness (QED) is 0.565. The number of sulfonamides is 1. The van der Waals surface area contributed by atoms with Gasteiger partial charge in [-0.05, 0) is 61.0 Å². The van der Waals surface area contributed by atoms with Crippen molar-refractivity contribution < 1.29 is 22.7 Å². The molecule has 8 heteroatoms. The summed E-state index contributed by atoms with van der Waals surface area (Å²) in [5.41, 5.74) is 0.796. The van der Waals surface area contributed by atoms with E-state index in [0.717, 1.165) is 10.8 Å². The summed E-state index contributed by atoms with van der Waals surface area (Å²) in [7, 11) is -3.88. The maximum Gasteiger partial charge on any atom is 0.338 e. The van der Waals surface area contributed by atoms with E-state index in [9.17, 15) is 18.0 Å². The zero-order valence-electron chi connectivity index (χ0n) is 16.6. The number of nitrogens with one attached hydrogen (secondary N) is 2. The van der Waals surface area contributed by atoms with Crippen LogP contribution in [0.15, 0.2) is 71.6 Å². The van der Waals surface area contributed by atoms with Crippen molar-refractivity contribution in [3.05, 3.63) is 72.3 Å². The average molecular weight is 426 g/mol. The Morgan fingerprint density at radius 2 is 1.63 bits per heavy atom. The molecule has 0 heterocycles. The van der Waals surface area contributed by atoms with Gasteiger partial charge in [0.1, 0.15) is 0 Å². The van der Waals surface area contributed by atoms with Gasteiger partial charge in [0.2, 0.25) is 15.9 Å². The molecule has 0 radical (unpaired) electrons. The molecule has 1 amide bonds. The first-order valence-electron chi connectivity index (χ1n) is 9.39. The zero-order chi connectivity index (χ0) is 21.7. The van der Waals surface area contributed by atoms with Crippen molar-refractivity contribution in [3.8, 4) is 0 Å². The van der Waals surface area contributed by atoms with Gasteiger partial charge in [0, 0.05) is 5.69 Å². The minimum atomic E-state index is -3.88. The molecule has 0 spiro atoms. The zero-order valence-corrected chi connectivity index (χ0v) is 17.4. The summed E-state index contributed by atoms with van der Waals surface area (Å²) in [6.07, 6.45) is 0. The van der Waals surface area contributed by atoms with Gasteiger partial charge < -0.3 is 10.1 Å². The van der Waals surface area contributed by atoms with E-state index in [4.69, 9.17) is 4.74 Å². The highest BCUT2D eigenvalue weighted by Crippen LogP contribution is 2.19. The van der Waals surface area contributed by atoms with Crippen LogP contribution in [0, 0.1) is 0 Å². The number of carbonyl (C=O) groups excluding carboxylic acids is 2. The predicted octanol–water partition coefficient (Wildman–Crippen LogP) is 3.32. The van der Waals surface area contributed by atoms with Gasteiger partial charge >= 0.3 is 5.97 Å². The summed E-state index contributed by atoms with van der Waals surface area (Å²) in [5.74, 6) is -0.977. The van der Waals surface area contributed by atoms with Crippen LogP contribution < -0.4 is 10.0 Å². The molecule has 1 atom stereocenters. The molecule has 0 aliphatic carbocycles. The second-order valence-electron chi connectivity index (χ2n) is 6.64. The first kappa shape index (κ1) is 21.5. The van der Waals surface area contributed by atoms with Gasteiger partial charge in [-0.1, -0.05) is 30.3 Å². The van der Waals surface area contributed by atoms with Crippen LogP contribution in [0.4, 0.5) is 5.69 Å². The number of amides is 1. The van der Waals surface area contributed by atoms with Crippen LogP contribution >= 0.6 is 0 Å². The molecule has 156 valence electrons. The highest BCUT2D eigenvalue weighted by atomic mass is 32.2. The second kappa shape index (κ2) is 9.06. The lowest BCUT2D eigenvalue weighted by Crippen LogP contribution is -2.41. The van der Waals surface area contributed by atoms with E-state index in [1.54, 1.807) is 31.2 Å². The Kier molecular flexibility index (Phi) is 6.49. The van der Waals surface area contributed by atoms with Crippen LogP contribution in [-0.4, -0.2) is 32.9 Å². The number of carbonyl (C=O) groups is 2. The first-order chi connectivity index (χ1) is 14.3. The molecule has 3 rings (SSSR count). The van der Waals surface area contributed by atoms with Gasteiger partial charge in [0.25, 0.3) is 0 Å². The van der Waals surface area contributed by atoms with Crippen LogP contribution in [-0.2, 0) is 19.6 Å². The maximum absolute atomic E-state index is 12.7. The lowest BCUT2D eigenvalue weighted by Gasteiger charge is -2.15. The first-order valence-corrected chi connectivity index (χ1v) is 10.9. The molecule has 2 N–H and O–H groups in total. The fourth-order valence-corrected chi connectivity index (χ4v) is 4.08. The molecule has 0 saturated heterocycles. The van der Waals surface area contributed by atoms with E-state index in [0.29, 0.717) is 11.3 Å². The SMILES string of the molecule is CCOC(=O)c1ccc(NC(=O)[C@@H](C)NS(=O)(=O)c2ccc3ccccc3c2)cc1. The smallest absolute Gasteiger partial charge is 0.338 e. The molecule has 0 aromatic heterocycles. The third kappa shape index (κ3) is 5.03. The predicted molar refractivity (Wildman–Crippen MR) is 115 cm³/mol. The number of rotatable bonds is 7. The van der Waals surface area contributed by atoms with Crippen LogP contribution in [0.5, 0.6) is 0 Å². The fraction of sp³-hybridized carbons (Fsp3) is 0.182. The van der Waals surface area contributed by atoms with Crippen molar-refractivity contribution in [1.82, 2.24) is 4.72 Å². The minimum absolute atomic E-state index is 0.0830. The fourth-order valence-electron chi connectivity index (χ4n) is 2.84. The van der Waals surface area contributed by atoms with Gasteiger partial charge in [-0.3, -0.25) is 4.79 Å². The summed E-state index contributed by atoms with van der Waals surface area (Å²) < 4.78 is 32.7. The number of benzene rings is 3. The average Bonchev–Trinajstić information content (AvgIpc) is 2.73. The Balaban J connectivity index is 1.67. The van der Waals surface area contributed by atoms with Crippen molar-refractivity contribution in [1.29, 1.82) is 0 Å². The van der Waals surface area contributed by atoms with Crippen molar-refractivity contribution in [2.75, 3.05) is 11.9 Å². The van der Waals surface area contributed by atoms with Gasteiger partial charge in [-0.15, -0.1) is 0 Å². The molecular weight excluding hydrogens is 404 g/mol. The number of esters is 1. The summed E-state index contributed by atoms with van der Waals surface area (Å²) in [6, 6.07) is 17.4. The highest BCUT2D eigenvalue weighted by molar-refractivity contribution is 7.89. The molecule has 0 aliphatic rings. The van der Waals surface area contributed by atoms with Crippen molar-refractivity contribution in [2.24, 2.45) is 0 Å². The van der Waals surface area contributed by atoms with Crippen LogP contribution in [0.3, 0.4) is 0 Å². The summed E-state index contributed by atoms with van der Waals surface area (Å²) >= 11 is 0. The Morgan fingerprint density at radius 1 is 0.967 bits per heavy atom. The van der Waals surface area contributed by atoms with E-state index >= 15 is 0 Å². The van der Waals surface area contributed by atoms with E-state index in [1.165, 1.54) is 25.1 Å². The normalized spacial score (nSPS) is 12.3. The maximum atomic E-state index is 12.7. The Morgan fingerprint density at radius 3 is 2.30 bits per heavy atom.